The van der Waals surface area contributed by atoms with E-state index < -0.39 is 65.1 Å². The molecule has 0 radical (unpaired) electrons. The van der Waals surface area contributed by atoms with Gasteiger partial charge in [-0.25, -0.2) is 71.6 Å². The third-order valence-electron chi connectivity index (χ3n) is 15.2. The highest BCUT2D eigenvalue weighted by Crippen LogP contribution is 2.35. The van der Waals surface area contributed by atoms with E-state index in [0.29, 0.717) is 140 Å². The zero-order valence-corrected chi connectivity index (χ0v) is 58.3. The van der Waals surface area contributed by atoms with Crippen molar-refractivity contribution in [3.8, 4) is 33.4 Å². The molecular formula is C64H73FN18O9S6. The van der Waals surface area contributed by atoms with Gasteiger partial charge < -0.3 is 31.9 Å². The Balaban J connectivity index is 0.000000159. The Bertz CT molecular complexity index is 5120. The predicted molar refractivity (Wildman–Crippen MR) is 387 cm³/mol. The monoisotopic (exact) mass is 1450 g/mol. The summed E-state index contributed by atoms with van der Waals surface area (Å²) in [6, 6.07) is 39.1. The first kappa shape index (κ1) is 71.2. The number of halogens is 1. The van der Waals surface area contributed by atoms with Crippen LogP contribution in [0.5, 0.6) is 0 Å². The molecule has 0 aliphatic carbocycles. The van der Waals surface area contributed by atoms with Crippen molar-refractivity contribution in [1.29, 1.82) is 14.3 Å². The highest BCUT2D eigenvalue weighted by atomic mass is 32.2. The molecule has 3 aromatic heterocycles. The molecule has 516 valence electrons. The second-order valence-corrected chi connectivity index (χ2v) is 35.2. The van der Waals surface area contributed by atoms with Crippen LogP contribution >= 0.6 is 0 Å². The van der Waals surface area contributed by atoms with Gasteiger partial charge in [0, 0.05) is 115 Å². The fraction of sp³-hybridized carbons (Fsp3) is 0.250. The SMILES string of the molecule is CCS(=O)(=O)Nc1ccc(-c2cnc3nc2NCCCCS(=N)(=O)c2cccc(c2)N3)cc1.CS(=O)(=O)Nc1ccc(-c2cnc3nc2NCCCCS(=N)(=O)c2cccc(c2)N3)cc1.CS(=O)(=O)Nc1ccc(-c2cnc3nc2NCCCCS(=N)(=O)c2cccc(c2)N3)cc1F. The summed E-state index contributed by atoms with van der Waals surface area (Å²) in [6.45, 7) is 3.29. The topological polar surface area (TPSA) is 411 Å². The van der Waals surface area contributed by atoms with Gasteiger partial charge in [-0.05, 0) is 153 Å². The molecule has 3 atom stereocenters. The third kappa shape index (κ3) is 19.6. The van der Waals surface area contributed by atoms with Crippen LogP contribution in [0.3, 0.4) is 0 Å². The van der Waals surface area contributed by atoms with E-state index >= 15 is 0 Å². The van der Waals surface area contributed by atoms with Gasteiger partial charge in [-0.1, -0.05) is 48.5 Å². The van der Waals surface area contributed by atoms with Crippen molar-refractivity contribution in [2.24, 2.45) is 0 Å². The maximum absolute atomic E-state index is 14.5. The Morgan fingerprint density at radius 3 is 1.14 bits per heavy atom. The van der Waals surface area contributed by atoms with Gasteiger partial charge in [0.1, 0.15) is 23.3 Å². The first-order chi connectivity index (χ1) is 46.6. The summed E-state index contributed by atoms with van der Waals surface area (Å²) >= 11 is 0. The molecule has 9 aromatic rings. The fourth-order valence-electron chi connectivity index (χ4n) is 10.2. The molecule has 3 aliphatic heterocycles. The zero-order chi connectivity index (χ0) is 69.9. The number of benzene rings is 6. The van der Waals surface area contributed by atoms with Crippen molar-refractivity contribution in [2.45, 2.75) is 60.1 Å². The summed E-state index contributed by atoms with van der Waals surface area (Å²) in [6.07, 6.45) is 11.0. The molecule has 27 nitrogen and oxygen atoms in total. The standard InChI is InChI=1S/C22H26N6O3S2.C21H23FN6O3S2.C21H24N6O3S2/c1-2-33(30,31)28-17-10-8-16(9-11-17)20-15-25-22-26-18-6-5-7-19(14-18)32(23,29)13-4-3-12-24-21(20)27-22;1-32(29,30)28-19-8-7-14(11-18(19)22)17-13-25-21-26-15-5-4-6-16(12-15)33(23,31)10-3-2-9-24-20(17)27-21;1-31(28,29)27-16-9-7-15(8-10-16)19-14-24-21-25-17-5-4-6-18(13-17)32(22,30)12-3-2-11-23-20(19)26-21/h5-11,14-15,23,28H,2-4,12-13H2,1H3,(H2,24,25,26,27);4-8,11-13,23,28H,2-3,9-10H2,1H3,(H2,24,25,26,27);4-10,13-14,22,27H,2-3,11-12H2,1H3,(H2,23,24,25,26). The average Bonchev–Trinajstić information content (AvgIpc) is 1.10. The van der Waals surface area contributed by atoms with E-state index in [-0.39, 0.29) is 23.1 Å². The van der Waals surface area contributed by atoms with Crippen LogP contribution in [0.2, 0.25) is 0 Å². The number of rotatable bonds is 10. The maximum Gasteiger partial charge on any atom is 0.232 e. The Hall–Kier alpha value is -9.61. The number of anilines is 12. The van der Waals surface area contributed by atoms with Crippen molar-refractivity contribution >= 4 is 129 Å². The summed E-state index contributed by atoms with van der Waals surface area (Å²) < 4.78 is 154. The van der Waals surface area contributed by atoms with Crippen molar-refractivity contribution in [1.82, 2.24) is 29.9 Å². The number of nitrogens with zero attached hydrogens (tertiary/aromatic N) is 6. The molecule has 98 heavy (non-hydrogen) atoms. The first-order valence-electron chi connectivity index (χ1n) is 30.8. The van der Waals surface area contributed by atoms with Crippen LogP contribution in [0.1, 0.15) is 45.4 Å². The number of hydrogen-bond acceptors (Lipinski definition) is 24. The second kappa shape index (κ2) is 30.4. The summed E-state index contributed by atoms with van der Waals surface area (Å²) in [7, 11) is -18.9. The minimum absolute atomic E-state index is 0.00318. The normalized spacial score (nSPS) is 18.7. The quantitative estimate of drug-likeness (QED) is 0.0605. The van der Waals surface area contributed by atoms with Crippen LogP contribution in [0.4, 0.5) is 73.8 Å². The second-order valence-electron chi connectivity index (χ2n) is 23.0. The number of hydrogen-bond donors (Lipinski definition) is 12. The third-order valence-corrected chi connectivity index (χ3v) is 23.3. The summed E-state index contributed by atoms with van der Waals surface area (Å²) in [4.78, 5) is 28.4. The van der Waals surface area contributed by atoms with Gasteiger partial charge in [0.15, 0.2) is 0 Å². The molecule has 0 amide bonds. The lowest BCUT2D eigenvalue weighted by Gasteiger charge is -2.14. The highest BCUT2D eigenvalue weighted by Gasteiger charge is 2.21. The molecular weight excluding hydrogens is 1380 g/mol. The van der Waals surface area contributed by atoms with Crippen LogP contribution in [0.15, 0.2) is 173 Å². The van der Waals surface area contributed by atoms with Crippen LogP contribution < -0.4 is 46.1 Å². The van der Waals surface area contributed by atoms with Gasteiger partial charge in [-0.2, -0.15) is 15.0 Å². The minimum atomic E-state index is -3.61. The van der Waals surface area contributed by atoms with Crippen molar-refractivity contribution in [2.75, 3.05) is 101 Å². The van der Waals surface area contributed by atoms with E-state index in [4.69, 9.17) is 14.3 Å². The number of fused-ring (bicyclic) bond motifs is 12. The maximum atomic E-state index is 14.5. The summed E-state index contributed by atoms with van der Waals surface area (Å²) in [5.74, 6) is 2.89. The smallest absolute Gasteiger partial charge is 0.232 e. The molecule has 0 saturated carbocycles. The van der Waals surface area contributed by atoms with Crippen molar-refractivity contribution in [3.05, 3.63) is 164 Å². The lowest BCUT2D eigenvalue weighted by molar-refractivity contribution is 0.601. The van der Waals surface area contributed by atoms with Gasteiger partial charge >= 0.3 is 0 Å². The molecule has 6 aromatic carbocycles. The lowest BCUT2D eigenvalue weighted by atomic mass is 10.1. The minimum Gasteiger partial charge on any atom is -0.369 e. The molecule has 12 N–H and O–H groups in total. The summed E-state index contributed by atoms with van der Waals surface area (Å²) in [5.41, 5.74) is 6.98. The molecule has 0 spiro atoms. The Morgan fingerprint density at radius 2 is 0.796 bits per heavy atom. The molecule has 12 rings (SSSR count). The van der Waals surface area contributed by atoms with Crippen molar-refractivity contribution < 1.29 is 42.3 Å². The predicted octanol–water partition coefficient (Wildman–Crippen LogP) is 12.1. The van der Waals surface area contributed by atoms with Gasteiger partial charge in [0.2, 0.25) is 47.9 Å². The molecule has 3 aliphatic rings. The molecule has 6 heterocycles. The zero-order valence-electron chi connectivity index (χ0n) is 53.4. The van der Waals surface area contributed by atoms with Crippen LogP contribution in [0, 0.1) is 20.2 Å². The number of nitrogens with one attached hydrogen (secondary N) is 12. The van der Waals surface area contributed by atoms with Crippen LogP contribution in [-0.4, -0.2) is 123 Å². The van der Waals surface area contributed by atoms with Crippen molar-refractivity contribution in [3.63, 3.8) is 0 Å². The number of sulfonamides is 3. The molecule has 34 heteroatoms. The summed E-state index contributed by atoms with van der Waals surface area (Å²) in [5, 5.41) is 19.2. The number of aromatic nitrogens is 6. The fourth-order valence-corrected chi connectivity index (χ4v) is 16.4. The Kier molecular flexibility index (Phi) is 22.1. The largest absolute Gasteiger partial charge is 0.369 e. The highest BCUT2D eigenvalue weighted by molar-refractivity contribution is 7.93. The van der Waals surface area contributed by atoms with Gasteiger partial charge in [0.05, 0.1) is 53.1 Å². The Labute approximate surface area is 570 Å². The average molecular weight is 1450 g/mol. The van der Waals surface area contributed by atoms with Gasteiger partial charge in [-0.15, -0.1) is 0 Å². The van der Waals surface area contributed by atoms with Gasteiger partial charge in [-0.3, -0.25) is 14.2 Å². The van der Waals surface area contributed by atoms with E-state index in [1.165, 1.54) is 12.1 Å². The van der Waals surface area contributed by atoms with Crippen LogP contribution in [0.25, 0.3) is 33.4 Å². The van der Waals surface area contributed by atoms with E-state index in [2.05, 4.69) is 76.0 Å². The van der Waals surface area contributed by atoms with E-state index in [1.807, 2.05) is 24.3 Å². The lowest BCUT2D eigenvalue weighted by Crippen LogP contribution is -2.14. The van der Waals surface area contributed by atoms with Crippen LogP contribution in [-0.2, 0) is 59.3 Å². The molecule has 0 saturated heterocycles. The van der Waals surface area contributed by atoms with E-state index in [1.54, 1.807) is 129 Å². The van der Waals surface area contributed by atoms with Gasteiger partial charge in [0.25, 0.3) is 0 Å². The van der Waals surface area contributed by atoms with E-state index in [0.717, 1.165) is 47.6 Å². The molecule has 12 bridgehead atoms. The Morgan fingerprint density at radius 1 is 0.449 bits per heavy atom. The van der Waals surface area contributed by atoms with E-state index in [9.17, 15) is 42.3 Å². The first-order valence-corrected chi connectivity index (χ1v) is 41.4. The molecule has 0 fully saturated rings. The molecule has 3 unspecified atom stereocenters.